The standard InChI is InChI=1S/C14H18N2O4S/c17-14(18)12-6-4-5-11-9-16(10-13(11)12)21(19,20)15-7-2-1-3-8-15/h4-6H,1-3,7-10H2,(H,17,18). The Labute approximate surface area is 124 Å². The summed E-state index contributed by atoms with van der Waals surface area (Å²) in [6, 6.07) is 4.99. The molecule has 1 aromatic rings. The number of fused-ring (bicyclic) bond motifs is 1. The van der Waals surface area contributed by atoms with E-state index in [1.807, 2.05) is 0 Å². The third-order valence-corrected chi connectivity index (χ3v) is 6.08. The van der Waals surface area contributed by atoms with Gasteiger partial charge in [0.1, 0.15) is 0 Å². The van der Waals surface area contributed by atoms with Crippen LogP contribution >= 0.6 is 0 Å². The van der Waals surface area contributed by atoms with Crippen LogP contribution < -0.4 is 0 Å². The Kier molecular flexibility index (Phi) is 3.73. The molecule has 21 heavy (non-hydrogen) atoms. The van der Waals surface area contributed by atoms with Gasteiger partial charge in [-0.2, -0.15) is 17.0 Å². The fourth-order valence-electron chi connectivity index (χ4n) is 3.01. The molecule has 1 fully saturated rings. The second-order valence-electron chi connectivity index (χ2n) is 5.48. The molecule has 0 unspecified atom stereocenters. The molecule has 0 spiro atoms. The summed E-state index contributed by atoms with van der Waals surface area (Å²) in [5.74, 6) is -1.01. The fourth-order valence-corrected chi connectivity index (χ4v) is 4.65. The quantitative estimate of drug-likeness (QED) is 0.916. The summed E-state index contributed by atoms with van der Waals surface area (Å²) in [5.41, 5.74) is 1.60. The molecule has 6 nitrogen and oxygen atoms in total. The highest BCUT2D eigenvalue weighted by Crippen LogP contribution is 2.30. The molecule has 1 N–H and O–H groups in total. The van der Waals surface area contributed by atoms with E-state index in [9.17, 15) is 18.3 Å². The highest BCUT2D eigenvalue weighted by molar-refractivity contribution is 7.86. The number of carboxylic acid groups (broad SMARTS) is 1. The summed E-state index contributed by atoms with van der Waals surface area (Å²) >= 11 is 0. The lowest BCUT2D eigenvalue weighted by Crippen LogP contribution is -2.43. The van der Waals surface area contributed by atoms with Crippen LogP contribution in [0.5, 0.6) is 0 Å². The zero-order chi connectivity index (χ0) is 15.0. The van der Waals surface area contributed by atoms with E-state index in [1.54, 1.807) is 12.1 Å². The van der Waals surface area contributed by atoms with Crippen molar-refractivity contribution >= 4 is 16.2 Å². The summed E-state index contributed by atoms with van der Waals surface area (Å²) in [6.45, 7) is 1.52. The highest BCUT2D eigenvalue weighted by atomic mass is 32.2. The van der Waals surface area contributed by atoms with Gasteiger partial charge in [-0.1, -0.05) is 18.6 Å². The third kappa shape index (κ3) is 2.56. The van der Waals surface area contributed by atoms with Crippen LogP contribution in [0.15, 0.2) is 18.2 Å². The largest absolute Gasteiger partial charge is 0.478 e. The molecule has 2 heterocycles. The van der Waals surface area contributed by atoms with Crippen LogP contribution in [0.4, 0.5) is 0 Å². The Morgan fingerprint density at radius 1 is 1.05 bits per heavy atom. The Bertz CT molecular complexity index is 666. The van der Waals surface area contributed by atoms with Crippen molar-refractivity contribution in [3.05, 3.63) is 34.9 Å². The van der Waals surface area contributed by atoms with Crippen molar-refractivity contribution in [1.82, 2.24) is 8.61 Å². The first kappa shape index (κ1) is 14.5. The molecule has 1 saturated heterocycles. The van der Waals surface area contributed by atoms with Crippen molar-refractivity contribution in [1.29, 1.82) is 0 Å². The van der Waals surface area contributed by atoms with Crippen LogP contribution in [0.25, 0.3) is 0 Å². The first-order valence-corrected chi connectivity index (χ1v) is 8.49. The van der Waals surface area contributed by atoms with Gasteiger partial charge in [-0.15, -0.1) is 0 Å². The molecule has 0 atom stereocenters. The van der Waals surface area contributed by atoms with Gasteiger partial charge in [0, 0.05) is 26.2 Å². The van der Waals surface area contributed by atoms with Crippen LogP contribution in [0.3, 0.4) is 0 Å². The van der Waals surface area contributed by atoms with E-state index < -0.39 is 16.2 Å². The normalized spacial score (nSPS) is 20.4. The van der Waals surface area contributed by atoms with Crippen molar-refractivity contribution in [3.8, 4) is 0 Å². The molecular formula is C14H18N2O4S. The third-order valence-electron chi connectivity index (χ3n) is 4.15. The predicted octanol–water partition coefficient (Wildman–Crippen LogP) is 1.43. The number of carboxylic acids is 1. The first-order chi connectivity index (χ1) is 10.00. The van der Waals surface area contributed by atoms with Gasteiger partial charge in [-0.05, 0) is 30.0 Å². The number of benzene rings is 1. The van der Waals surface area contributed by atoms with Crippen molar-refractivity contribution < 1.29 is 18.3 Å². The summed E-state index contributed by atoms with van der Waals surface area (Å²) in [6.07, 6.45) is 2.84. The van der Waals surface area contributed by atoms with E-state index in [4.69, 9.17) is 0 Å². The second-order valence-corrected chi connectivity index (χ2v) is 7.41. The van der Waals surface area contributed by atoms with Gasteiger partial charge >= 0.3 is 5.97 Å². The minimum Gasteiger partial charge on any atom is -0.478 e. The topological polar surface area (TPSA) is 77.9 Å². The van der Waals surface area contributed by atoms with E-state index in [-0.39, 0.29) is 18.7 Å². The van der Waals surface area contributed by atoms with Crippen LogP contribution in [0.1, 0.15) is 40.7 Å². The monoisotopic (exact) mass is 310 g/mol. The Morgan fingerprint density at radius 2 is 1.76 bits per heavy atom. The van der Waals surface area contributed by atoms with Crippen molar-refractivity contribution in [2.24, 2.45) is 0 Å². The van der Waals surface area contributed by atoms with E-state index in [0.717, 1.165) is 24.8 Å². The van der Waals surface area contributed by atoms with Crippen molar-refractivity contribution in [2.45, 2.75) is 32.4 Å². The molecule has 3 rings (SSSR count). The van der Waals surface area contributed by atoms with Gasteiger partial charge in [-0.3, -0.25) is 0 Å². The molecule has 0 amide bonds. The molecule has 2 aliphatic heterocycles. The summed E-state index contributed by atoms with van der Waals surface area (Å²) < 4.78 is 28.2. The van der Waals surface area contributed by atoms with Gasteiger partial charge in [0.05, 0.1) is 5.56 Å². The van der Waals surface area contributed by atoms with Crippen LogP contribution in [0, 0.1) is 0 Å². The van der Waals surface area contributed by atoms with E-state index >= 15 is 0 Å². The lowest BCUT2D eigenvalue weighted by atomic mass is 10.0. The summed E-state index contributed by atoms with van der Waals surface area (Å²) in [4.78, 5) is 11.2. The van der Waals surface area contributed by atoms with Gasteiger partial charge in [0.15, 0.2) is 0 Å². The first-order valence-electron chi connectivity index (χ1n) is 7.09. The maximum absolute atomic E-state index is 12.6. The summed E-state index contributed by atoms with van der Waals surface area (Å²) in [7, 11) is -3.50. The van der Waals surface area contributed by atoms with Crippen molar-refractivity contribution in [3.63, 3.8) is 0 Å². The molecule has 0 saturated carbocycles. The number of piperidine rings is 1. The Morgan fingerprint density at radius 3 is 2.43 bits per heavy atom. The van der Waals surface area contributed by atoms with Crippen LogP contribution in [-0.4, -0.2) is 41.2 Å². The fraction of sp³-hybridized carbons (Fsp3) is 0.500. The molecule has 114 valence electrons. The number of carbonyl (C=O) groups is 1. The molecule has 0 aliphatic carbocycles. The van der Waals surface area contributed by atoms with Crippen molar-refractivity contribution in [2.75, 3.05) is 13.1 Å². The smallest absolute Gasteiger partial charge is 0.336 e. The Hall–Kier alpha value is -1.44. The zero-order valence-corrected chi connectivity index (χ0v) is 12.5. The maximum atomic E-state index is 12.6. The molecule has 0 bridgehead atoms. The minimum atomic E-state index is -3.50. The zero-order valence-electron chi connectivity index (χ0n) is 11.7. The minimum absolute atomic E-state index is 0.149. The number of nitrogens with zero attached hydrogens (tertiary/aromatic N) is 2. The molecule has 2 aliphatic rings. The average Bonchev–Trinajstić information content (AvgIpc) is 2.92. The van der Waals surface area contributed by atoms with E-state index in [1.165, 1.54) is 14.7 Å². The van der Waals surface area contributed by atoms with Gasteiger partial charge in [0.2, 0.25) is 0 Å². The van der Waals surface area contributed by atoms with Crippen LogP contribution in [0.2, 0.25) is 0 Å². The molecule has 0 aromatic heterocycles. The molecule has 7 heteroatoms. The number of hydrogen-bond acceptors (Lipinski definition) is 3. The maximum Gasteiger partial charge on any atom is 0.336 e. The van der Waals surface area contributed by atoms with Gasteiger partial charge < -0.3 is 5.11 Å². The lowest BCUT2D eigenvalue weighted by molar-refractivity contribution is 0.0695. The van der Waals surface area contributed by atoms with Crippen LogP contribution in [-0.2, 0) is 23.3 Å². The average molecular weight is 310 g/mol. The highest BCUT2D eigenvalue weighted by Gasteiger charge is 2.36. The second kappa shape index (κ2) is 5.40. The predicted molar refractivity (Wildman–Crippen MR) is 77.0 cm³/mol. The van der Waals surface area contributed by atoms with Gasteiger partial charge in [-0.25, -0.2) is 4.79 Å². The SMILES string of the molecule is O=C(O)c1cccc2c1CN(S(=O)(=O)N1CCCCC1)C2. The number of hydrogen-bond donors (Lipinski definition) is 1. The van der Waals surface area contributed by atoms with Gasteiger partial charge in [0.25, 0.3) is 10.2 Å². The summed E-state index contributed by atoms with van der Waals surface area (Å²) in [5, 5.41) is 9.21. The lowest BCUT2D eigenvalue weighted by Gasteiger charge is -2.29. The Balaban J connectivity index is 1.87. The van der Waals surface area contributed by atoms with E-state index in [2.05, 4.69) is 0 Å². The number of aromatic carboxylic acids is 1. The number of rotatable bonds is 3. The molecule has 1 aromatic carbocycles. The molecule has 0 radical (unpaired) electrons. The molecular weight excluding hydrogens is 292 g/mol. The van der Waals surface area contributed by atoms with E-state index in [0.29, 0.717) is 18.7 Å².